The first-order valence-corrected chi connectivity index (χ1v) is 7.74. The quantitative estimate of drug-likeness (QED) is 0.713. The van der Waals surface area contributed by atoms with Crippen molar-refractivity contribution in [2.45, 2.75) is 52.1 Å². The van der Waals surface area contributed by atoms with Crippen LogP contribution in [0.2, 0.25) is 0 Å². The summed E-state index contributed by atoms with van der Waals surface area (Å²) < 4.78 is 5.33. The largest absolute Gasteiger partial charge is 0.382 e. The molecule has 2 atom stereocenters. The summed E-state index contributed by atoms with van der Waals surface area (Å²) in [5, 5.41) is 2.93. The van der Waals surface area contributed by atoms with E-state index in [9.17, 15) is 9.59 Å². The summed E-state index contributed by atoms with van der Waals surface area (Å²) in [6.45, 7) is 7.88. The Labute approximate surface area is 121 Å². The smallest absolute Gasteiger partial charge is 0.246 e. The van der Waals surface area contributed by atoms with Gasteiger partial charge in [0, 0.05) is 19.8 Å². The number of nitrogens with zero attached hydrogens (tertiary/aromatic N) is 1. The van der Waals surface area contributed by atoms with E-state index in [-0.39, 0.29) is 29.8 Å². The highest BCUT2D eigenvalue weighted by Gasteiger charge is 2.47. The molecule has 2 unspecified atom stereocenters. The van der Waals surface area contributed by atoms with Crippen molar-refractivity contribution >= 4 is 11.8 Å². The van der Waals surface area contributed by atoms with Gasteiger partial charge in [-0.25, -0.2) is 0 Å². The summed E-state index contributed by atoms with van der Waals surface area (Å²) in [5.74, 6) is 0.593. The number of piperazine rings is 1. The van der Waals surface area contributed by atoms with Crippen molar-refractivity contribution in [3.05, 3.63) is 0 Å². The SMILES string of the molecule is CCOCCCN1C(=O)C(C2CC2)NC(=O)C1C(C)C. The molecule has 114 valence electrons. The average molecular weight is 282 g/mol. The summed E-state index contributed by atoms with van der Waals surface area (Å²) in [7, 11) is 0. The fourth-order valence-corrected chi connectivity index (χ4v) is 2.90. The van der Waals surface area contributed by atoms with Gasteiger partial charge >= 0.3 is 0 Å². The standard InChI is InChI=1S/C15H26N2O3/c1-4-20-9-5-8-17-13(10(2)3)14(18)16-12(15(17)19)11-6-7-11/h10-13H,4-9H2,1-3H3,(H,16,18). The lowest BCUT2D eigenvalue weighted by molar-refractivity contribution is -0.152. The molecule has 1 aliphatic heterocycles. The fraction of sp³-hybridized carbons (Fsp3) is 0.867. The van der Waals surface area contributed by atoms with Crippen LogP contribution in [0.3, 0.4) is 0 Å². The van der Waals surface area contributed by atoms with Gasteiger partial charge < -0.3 is 15.0 Å². The van der Waals surface area contributed by atoms with E-state index in [4.69, 9.17) is 4.74 Å². The van der Waals surface area contributed by atoms with E-state index < -0.39 is 0 Å². The van der Waals surface area contributed by atoms with Crippen molar-refractivity contribution in [3.63, 3.8) is 0 Å². The molecule has 1 saturated carbocycles. The summed E-state index contributed by atoms with van der Waals surface area (Å²) >= 11 is 0. The number of hydrogen-bond donors (Lipinski definition) is 1. The summed E-state index contributed by atoms with van der Waals surface area (Å²) in [6, 6.07) is -0.622. The van der Waals surface area contributed by atoms with Crippen molar-refractivity contribution in [2.24, 2.45) is 11.8 Å². The average Bonchev–Trinajstić information content (AvgIpc) is 3.21. The molecule has 20 heavy (non-hydrogen) atoms. The first-order valence-electron chi connectivity index (χ1n) is 7.74. The van der Waals surface area contributed by atoms with Crippen LogP contribution < -0.4 is 5.32 Å². The Morgan fingerprint density at radius 2 is 2.05 bits per heavy atom. The predicted octanol–water partition coefficient (Wildman–Crippen LogP) is 1.17. The second-order valence-electron chi connectivity index (χ2n) is 6.09. The topological polar surface area (TPSA) is 58.6 Å². The Hall–Kier alpha value is -1.10. The molecule has 5 nitrogen and oxygen atoms in total. The van der Waals surface area contributed by atoms with E-state index in [2.05, 4.69) is 5.32 Å². The highest BCUT2D eigenvalue weighted by Crippen LogP contribution is 2.35. The number of amides is 2. The number of hydrogen-bond acceptors (Lipinski definition) is 3. The molecule has 0 aromatic rings. The molecule has 0 aromatic heterocycles. The van der Waals surface area contributed by atoms with Crippen LogP contribution in [0.5, 0.6) is 0 Å². The lowest BCUT2D eigenvalue weighted by Crippen LogP contribution is -2.65. The van der Waals surface area contributed by atoms with Gasteiger partial charge in [-0.2, -0.15) is 0 Å². The molecule has 2 rings (SSSR count). The molecule has 1 saturated heterocycles. The van der Waals surface area contributed by atoms with Crippen LogP contribution in [-0.2, 0) is 14.3 Å². The fourth-order valence-electron chi connectivity index (χ4n) is 2.90. The normalized spacial score (nSPS) is 27.1. The molecule has 2 fully saturated rings. The molecular formula is C15H26N2O3. The van der Waals surface area contributed by atoms with Gasteiger partial charge in [-0.3, -0.25) is 9.59 Å². The Balaban J connectivity index is 2.03. The van der Waals surface area contributed by atoms with Gasteiger partial charge in [0.1, 0.15) is 12.1 Å². The van der Waals surface area contributed by atoms with Crippen LogP contribution in [0.4, 0.5) is 0 Å². The van der Waals surface area contributed by atoms with Crippen LogP contribution >= 0.6 is 0 Å². The molecule has 5 heteroatoms. The van der Waals surface area contributed by atoms with Gasteiger partial charge in [0.2, 0.25) is 11.8 Å². The Morgan fingerprint density at radius 1 is 1.35 bits per heavy atom. The summed E-state index contributed by atoms with van der Waals surface area (Å²) in [5.41, 5.74) is 0. The molecule has 2 amide bonds. The second kappa shape index (κ2) is 6.57. The third kappa shape index (κ3) is 3.32. The Morgan fingerprint density at radius 3 is 2.60 bits per heavy atom. The zero-order valence-corrected chi connectivity index (χ0v) is 12.7. The van der Waals surface area contributed by atoms with Crippen molar-refractivity contribution in [1.82, 2.24) is 10.2 Å². The maximum Gasteiger partial charge on any atom is 0.246 e. The van der Waals surface area contributed by atoms with Crippen molar-refractivity contribution in [2.75, 3.05) is 19.8 Å². The van der Waals surface area contributed by atoms with Crippen LogP contribution in [-0.4, -0.2) is 48.6 Å². The zero-order valence-electron chi connectivity index (χ0n) is 12.7. The van der Waals surface area contributed by atoms with E-state index in [1.807, 2.05) is 20.8 Å². The molecule has 0 aromatic carbocycles. The van der Waals surface area contributed by atoms with Crippen molar-refractivity contribution < 1.29 is 14.3 Å². The van der Waals surface area contributed by atoms with E-state index in [1.54, 1.807) is 4.90 Å². The van der Waals surface area contributed by atoms with Gasteiger partial charge in [-0.05, 0) is 38.0 Å². The van der Waals surface area contributed by atoms with Crippen molar-refractivity contribution in [1.29, 1.82) is 0 Å². The van der Waals surface area contributed by atoms with Crippen LogP contribution in [0.15, 0.2) is 0 Å². The highest BCUT2D eigenvalue weighted by molar-refractivity contribution is 5.97. The van der Waals surface area contributed by atoms with Crippen LogP contribution in [0, 0.1) is 11.8 Å². The van der Waals surface area contributed by atoms with Gasteiger partial charge in [-0.15, -0.1) is 0 Å². The highest BCUT2D eigenvalue weighted by atomic mass is 16.5. The Kier molecular flexibility index (Phi) is 5.02. The molecule has 1 aliphatic carbocycles. The molecule has 1 heterocycles. The molecule has 0 bridgehead atoms. The minimum absolute atomic E-state index is 0.00732. The molecule has 2 aliphatic rings. The van der Waals surface area contributed by atoms with Gasteiger partial charge in [0.25, 0.3) is 0 Å². The van der Waals surface area contributed by atoms with Crippen LogP contribution in [0.25, 0.3) is 0 Å². The maximum absolute atomic E-state index is 12.6. The molecule has 1 N–H and O–H groups in total. The minimum atomic E-state index is -0.334. The summed E-state index contributed by atoms with van der Waals surface area (Å²) in [6.07, 6.45) is 2.89. The lowest BCUT2D eigenvalue weighted by Gasteiger charge is -2.41. The van der Waals surface area contributed by atoms with E-state index >= 15 is 0 Å². The number of ether oxygens (including phenoxy) is 1. The first kappa shape index (κ1) is 15.3. The molecular weight excluding hydrogens is 256 g/mol. The third-order valence-corrected chi connectivity index (χ3v) is 4.07. The lowest BCUT2D eigenvalue weighted by atomic mass is 9.95. The zero-order chi connectivity index (χ0) is 14.7. The van der Waals surface area contributed by atoms with E-state index in [0.717, 1.165) is 19.3 Å². The first-order chi connectivity index (χ1) is 9.56. The number of rotatable bonds is 7. The van der Waals surface area contributed by atoms with Crippen LogP contribution in [0.1, 0.15) is 40.0 Å². The molecule has 0 radical (unpaired) electrons. The van der Waals surface area contributed by atoms with E-state index in [1.165, 1.54) is 0 Å². The maximum atomic E-state index is 12.6. The Bertz CT molecular complexity index is 366. The van der Waals surface area contributed by atoms with Gasteiger partial charge in [-0.1, -0.05) is 13.8 Å². The van der Waals surface area contributed by atoms with E-state index in [0.29, 0.717) is 25.7 Å². The van der Waals surface area contributed by atoms with Crippen molar-refractivity contribution in [3.8, 4) is 0 Å². The number of carbonyl (C=O) groups excluding carboxylic acids is 2. The summed E-state index contributed by atoms with van der Waals surface area (Å²) in [4.78, 5) is 26.7. The minimum Gasteiger partial charge on any atom is -0.382 e. The van der Waals surface area contributed by atoms with Gasteiger partial charge in [0.15, 0.2) is 0 Å². The predicted molar refractivity (Wildman–Crippen MR) is 76.1 cm³/mol. The second-order valence-corrected chi connectivity index (χ2v) is 6.09. The number of carbonyl (C=O) groups is 2. The van der Waals surface area contributed by atoms with Gasteiger partial charge in [0.05, 0.1) is 0 Å². The molecule has 0 spiro atoms. The number of nitrogens with one attached hydrogen (secondary N) is 1. The monoisotopic (exact) mass is 282 g/mol. The third-order valence-electron chi connectivity index (χ3n) is 4.07.